The zero-order chi connectivity index (χ0) is 13.9. The number of rotatable bonds is 2. The van der Waals surface area contributed by atoms with Crippen molar-refractivity contribution in [2.24, 2.45) is 29.6 Å². The molecule has 0 spiro atoms. The van der Waals surface area contributed by atoms with Gasteiger partial charge in [0.05, 0.1) is 0 Å². The molecular weight excluding hydrogens is 254 g/mol. The molecule has 0 aromatic rings. The fourth-order valence-corrected chi connectivity index (χ4v) is 5.81. The Balaban J connectivity index is 1.55. The maximum absolute atomic E-state index is 12.9. The van der Waals surface area contributed by atoms with E-state index >= 15 is 0 Å². The van der Waals surface area contributed by atoms with Crippen LogP contribution in [0.25, 0.3) is 0 Å². The molecule has 1 saturated heterocycles. The van der Waals surface area contributed by atoms with E-state index in [1.807, 2.05) is 0 Å². The highest BCUT2D eigenvalue weighted by molar-refractivity contribution is 5.86. The Morgan fingerprint density at radius 2 is 1.55 bits per heavy atom. The average molecular weight is 277 g/mol. The maximum atomic E-state index is 12.9. The minimum atomic E-state index is -0.820. The second-order valence-corrected chi connectivity index (χ2v) is 7.48. The van der Waals surface area contributed by atoms with Gasteiger partial charge in [-0.15, -0.1) is 0 Å². The lowest BCUT2D eigenvalue weighted by Gasteiger charge is -2.54. The predicted molar refractivity (Wildman–Crippen MR) is 72.9 cm³/mol. The second-order valence-electron chi connectivity index (χ2n) is 7.48. The van der Waals surface area contributed by atoms with Crippen molar-refractivity contribution in [1.82, 2.24) is 4.90 Å². The van der Waals surface area contributed by atoms with E-state index in [0.717, 1.165) is 18.3 Å². The van der Waals surface area contributed by atoms with Gasteiger partial charge in [0.25, 0.3) is 0 Å². The van der Waals surface area contributed by atoms with Crippen LogP contribution in [0.2, 0.25) is 0 Å². The Labute approximate surface area is 119 Å². The Hall–Kier alpha value is -1.06. The van der Waals surface area contributed by atoms with E-state index in [9.17, 15) is 14.7 Å². The zero-order valence-corrected chi connectivity index (χ0v) is 11.8. The van der Waals surface area contributed by atoms with Gasteiger partial charge in [-0.05, 0) is 68.6 Å². The van der Waals surface area contributed by atoms with Crippen LogP contribution in [-0.2, 0) is 9.59 Å². The van der Waals surface area contributed by atoms with Crippen molar-refractivity contribution in [1.29, 1.82) is 0 Å². The van der Waals surface area contributed by atoms with E-state index < -0.39 is 12.0 Å². The number of likely N-dealkylation sites (tertiary alicyclic amines) is 1. The van der Waals surface area contributed by atoms with Gasteiger partial charge in [0.2, 0.25) is 5.91 Å². The molecule has 1 heterocycles. The van der Waals surface area contributed by atoms with Gasteiger partial charge in [0.15, 0.2) is 0 Å². The van der Waals surface area contributed by atoms with Crippen LogP contribution in [0.3, 0.4) is 0 Å². The van der Waals surface area contributed by atoms with Crippen molar-refractivity contribution < 1.29 is 14.7 Å². The quantitative estimate of drug-likeness (QED) is 0.841. The lowest BCUT2D eigenvalue weighted by molar-refractivity contribution is -0.157. The molecule has 4 bridgehead atoms. The summed E-state index contributed by atoms with van der Waals surface area (Å²) in [7, 11) is 0. The molecule has 110 valence electrons. The normalized spacial score (nSPS) is 45.9. The number of hydrogen-bond donors (Lipinski definition) is 1. The Bertz CT molecular complexity index is 419. The van der Waals surface area contributed by atoms with E-state index in [4.69, 9.17) is 0 Å². The SMILES string of the molecule is O=C(O)C1CCCN1C(=O)C1C2CC3CC(C2)CC1C3. The third-order valence-corrected chi connectivity index (χ3v) is 6.33. The monoisotopic (exact) mass is 277 g/mol. The minimum absolute atomic E-state index is 0.141. The molecule has 4 saturated carbocycles. The molecule has 1 atom stereocenters. The molecule has 1 unspecified atom stereocenters. The largest absolute Gasteiger partial charge is 0.480 e. The first-order chi connectivity index (χ1) is 9.63. The standard InChI is InChI=1S/C16H23NO3/c18-15(17-3-1-2-13(17)16(19)20)14-11-5-9-4-10(7-11)8-12(14)6-9/h9-14H,1-8H2,(H,19,20). The lowest BCUT2D eigenvalue weighted by Crippen LogP contribution is -2.53. The molecule has 4 heteroatoms. The van der Waals surface area contributed by atoms with E-state index in [-0.39, 0.29) is 11.8 Å². The summed E-state index contributed by atoms with van der Waals surface area (Å²) in [5.41, 5.74) is 0. The van der Waals surface area contributed by atoms with E-state index in [1.165, 1.54) is 32.1 Å². The zero-order valence-electron chi connectivity index (χ0n) is 11.8. The molecule has 0 aromatic heterocycles. The van der Waals surface area contributed by atoms with Gasteiger partial charge in [-0.1, -0.05) is 0 Å². The number of amides is 1. The van der Waals surface area contributed by atoms with Crippen LogP contribution in [0, 0.1) is 29.6 Å². The third kappa shape index (κ3) is 1.80. The van der Waals surface area contributed by atoms with Crippen molar-refractivity contribution >= 4 is 11.9 Å². The van der Waals surface area contributed by atoms with Crippen LogP contribution in [-0.4, -0.2) is 34.5 Å². The van der Waals surface area contributed by atoms with Crippen LogP contribution in [0.15, 0.2) is 0 Å². The highest BCUT2D eigenvalue weighted by Crippen LogP contribution is 2.57. The van der Waals surface area contributed by atoms with Crippen LogP contribution in [0.5, 0.6) is 0 Å². The summed E-state index contributed by atoms with van der Waals surface area (Å²) in [5, 5.41) is 9.29. The van der Waals surface area contributed by atoms with Crippen molar-refractivity contribution in [3.05, 3.63) is 0 Å². The molecule has 1 N–H and O–H groups in total. The Morgan fingerprint density at radius 3 is 2.10 bits per heavy atom. The molecule has 5 aliphatic rings. The first-order valence-electron chi connectivity index (χ1n) is 8.16. The molecule has 1 amide bonds. The molecule has 4 nitrogen and oxygen atoms in total. The topological polar surface area (TPSA) is 57.6 Å². The maximum Gasteiger partial charge on any atom is 0.326 e. The number of carboxylic acids is 1. The smallest absolute Gasteiger partial charge is 0.326 e. The first kappa shape index (κ1) is 12.7. The Morgan fingerprint density at radius 1 is 0.950 bits per heavy atom. The van der Waals surface area contributed by atoms with Gasteiger partial charge in [-0.2, -0.15) is 0 Å². The molecule has 5 rings (SSSR count). The van der Waals surface area contributed by atoms with Gasteiger partial charge in [0, 0.05) is 12.5 Å². The average Bonchev–Trinajstić information content (AvgIpc) is 2.86. The third-order valence-electron chi connectivity index (χ3n) is 6.33. The summed E-state index contributed by atoms with van der Waals surface area (Å²) < 4.78 is 0. The Kier molecular flexibility index (Phi) is 2.83. The molecule has 5 fully saturated rings. The van der Waals surface area contributed by atoms with Gasteiger partial charge in [-0.25, -0.2) is 4.79 Å². The van der Waals surface area contributed by atoms with Gasteiger partial charge < -0.3 is 10.0 Å². The number of carbonyl (C=O) groups is 2. The molecule has 0 aromatic carbocycles. The molecule has 20 heavy (non-hydrogen) atoms. The van der Waals surface area contributed by atoms with Crippen molar-refractivity contribution in [3.63, 3.8) is 0 Å². The summed E-state index contributed by atoms with van der Waals surface area (Å²) in [4.78, 5) is 25.9. The van der Waals surface area contributed by atoms with Gasteiger partial charge in [-0.3, -0.25) is 4.79 Å². The molecule has 4 aliphatic carbocycles. The number of carbonyl (C=O) groups excluding carboxylic acids is 1. The van der Waals surface area contributed by atoms with Gasteiger partial charge in [0.1, 0.15) is 6.04 Å². The fourth-order valence-electron chi connectivity index (χ4n) is 5.81. The lowest BCUT2D eigenvalue weighted by atomic mass is 9.51. The van der Waals surface area contributed by atoms with Crippen molar-refractivity contribution in [2.75, 3.05) is 6.54 Å². The summed E-state index contributed by atoms with van der Waals surface area (Å²) in [6, 6.07) is -0.556. The summed E-state index contributed by atoms with van der Waals surface area (Å²) >= 11 is 0. The van der Waals surface area contributed by atoms with Crippen LogP contribution in [0.4, 0.5) is 0 Å². The predicted octanol–water partition coefficient (Wildman–Crippen LogP) is 2.13. The fraction of sp³-hybridized carbons (Fsp3) is 0.875. The van der Waals surface area contributed by atoms with Crippen molar-refractivity contribution in [2.45, 2.75) is 51.0 Å². The summed E-state index contributed by atoms with van der Waals surface area (Å²) in [6.07, 6.45) is 7.73. The number of aliphatic carboxylic acids is 1. The number of carboxylic acid groups (broad SMARTS) is 1. The number of nitrogens with zero attached hydrogens (tertiary/aromatic N) is 1. The molecular formula is C16H23NO3. The van der Waals surface area contributed by atoms with Crippen molar-refractivity contribution in [3.8, 4) is 0 Å². The highest BCUT2D eigenvalue weighted by Gasteiger charge is 2.52. The summed E-state index contributed by atoms with van der Waals surface area (Å²) in [6.45, 7) is 0.651. The van der Waals surface area contributed by atoms with Crippen LogP contribution in [0.1, 0.15) is 44.9 Å². The first-order valence-corrected chi connectivity index (χ1v) is 8.16. The summed E-state index contributed by atoms with van der Waals surface area (Å²) in [5.74, 6) is 2.31. The molecule has 1 aliphatic heterocycles. The second kappa shape index (κ2) is 4.47. The van der Waals surface area contributed by atoms with Crippen LogP contribution >= 0.6 is 0 Å². The van der Waals surface area contributed by atoms with Gasteiger partial charge >= 0.3 is 5.97 Å². The number of hydrogen-bond acceptors (Lipinski definition) is 2. The van der Waals surface area contributed by atoms with E-state index in [0.29, 0.717) is 24.8 Å². The minimum Gasteiger partial charge on any atom is -0.480 e. The van der Waals surface area contributed by atoms with Crippen LogP contribution < -0.4 is 0 Å². The van der Waals surface area contributed by atoms with E-state index in [1.54, 1.807) is 4.90 Å². The molecule has 0 radical (unpaired) electrons. The highest BCUT2D eigenvalue weighted by atomic mass is 16.4. The van der Waals surface area contributed by atoms with E-state index in [2.05, 4.69) is 0 Å².